The third-order valence-corrected chi connectivity index (χ3v) is 5.24. The van der Waals surface area contributed by atoms with Crippen LogP contribution in [-0.2, 0) is 9.59 Å². The van der Waals surface area contributed by atoms with E-state index < -0.39 is 0 Å². The number of anilines is 1. The molecule has 1 atom stereocenters. The van der Waals surface area contributed by atoms with E-state index in [0.29, 0.717) is 18.0 Å². The van der Waals surface area contributed by atoms with Gasteiger partial charge >= 0.3 is 0 Å². The highest BCUT2D eigenvalue weighted by molar-refractivity contribution is 6.30. The standard InChI is InChI=1S/C21H32ClN3O2/c1-2-3-4-5-13-23-21(27)17-7-6-14-25(16-17)15-12-20(26)24-19-10-8-18(22)9-11-19/h8-11,17H,2-7,12-16H2,1H3,(H,23,27)(H,24,26). The van der Waals surface area contributed by atoms with Gasteiger partial charge in [-0.3, -0.25) is 9.59 Å². The molecule has 0 saturated carbocycles. The van der Waals surface area contributed by atoms with Crippen LogP contribution in [0.25, 0.3) is 0 Å². The summed E-state index contributed by atoms with van der Waals surface area (Å²) < 4.78 is 0. The smallest absolute Gasteiger partial charge is 0.225 e. The zero-order chi connectivity index (χ0) is 19.5. The molecule has 1 fully saturated rings. The van der Waals surface area contributed by atoms with Crippen molar-refractivity contribution in [2.75, 3.05) is 31.5 Å². The first-order chi connectivity index (χ1) is 13.1. The number of rotatable bonds is 10. The van der Waals surface area contributed by atoms with E-state index in [1.807, 2.05) is 0 Å². The molecular weight excluding hydrogens is 362 g/mol. The van der Waals surface area contributed by atoms with Crippen LogP contribution >= 0.6 is 11.6 Å². The maximum absolute atomic E-state index is 12.4. The average Bonchev–Trinajstić information content (AvgIpc) is 2.68. The van der Waals surface area contributed by atoms with Gasteiger partial charge in [-0.25, -0.2) is 0 Å². The molecular formula is C21H32ClN3O2. The van der Waals surface area contributed by atoms with Crippen molar-refractivity contribution in [3.05, 3.63) is 29.3 Å². The van der Waals surface area contributed by atoms with Gasteiger partial charge in [-0.05, 0) is 50.1 Å². The summed E-state index contributed by atoms with van der Waals surface area (Å²) >= 11 is 5.85. The Kier molecular flexibility index (Phi) is 9.64. The van der Waals surface area contributed by atoms with E-state index in [0.717, 1.165) is 44.6 Å². The zero-order valence-corrected chi connectivity index (χ0v) is 17.1. The van der Waals surface area contributed by atoms with Crippen LogP contribution in [0.2, 0.25) is 5.02 Å². The second-order valence-electron chi connectivity index (χ2n) is 7.30. The number of likely N-dealkylation sites (tertiary alicyclic amines) is 1. The summed E-state index contributed by atoms with van der Waals surface area (Å²) in [5.41, 5.74) is 0.753. The fraction of sp³-hybridized carbons (Fsp3) is 0.619. The molecule has 150 valence electrons. The molecule has 2 amide bonds. The van der Waals surface area contributed by atoms with E-state index in [1.165, 1.54) is 19.3 Å². The van der Waals surface area contributed by atoms with Gasteiger partial charge < -0.3 is 15.5 Å². The molecule has 1 heterocycles. The van der Waals surface area contributed by atoms with Crippen LogP contribution in [0.3, 0.4) is 0 Å². The quantitative estimate of drug-likeness (QED) is 0.589. The highest BCUT2D eigenvalue weighted by Gasteiger charge is 2.25. The average molecular weight is 394 g/mol. The van der Waals surface area contributed by atoms with Crippen LogP contribution in [0.5, 0.6) is 0 Å². The van der Waals surface area contributed by atoms with E-state index in [9.17, 15) is 9.59 Å². The minimum Gasteiger partial charge on any atom is -0.356 e. The molecule has 1 aromatic rings. The summed E-state index contributed by atoms with van der Waals surface area (Å²) in [5, 5.41) is 6.61. The fourth-order valence-corrected chi connectivity index (χ4v) is 3.52. The topological polar surface area (TPSA) is 61.4 Å². The number of carbonyl (C=O) groups is 2. The number of amides is 2. The Morgan fingerprint density at radius 3 is 2.70 bits per heavy atom. The Morgan fingerprint density at radius 2 is 1.96 bits per heavy atom. The van der Waals surface area contributed by atoms with E-state index in [4.69, 9.17) is 11.6 Å². The third kappa shape index (κ3) is 8.31. The lowest BCUT2D eigenvalue weighted by molar-refractivity contribution is -0.126. The Balaban J connectivity index is 1.67. The minimum atomic E-state index is -0.0141. The van der Waals surface area contributed by atoms with E-state index >= 15 is 0 Å². The van der Waals surface area contributed by atoms with Crippen LogP contribution in [-0.4, -0.2) is 42.9 Å². The molecule has 1 saturated heterocycles. The van der Waals surface area contributed by atoms with Crippen LogP contribution in [0.15, 0.2) is 24.3 Å². The maximum atomic E-state index is 12.4. The van der Waals surface area contributed by atoms with E-state index in [2.05, 4.69) is 22.5 Å². The lowest BCUT2D eigenvalue weighted by Crippen LogP contribution is -2.44. The summed E-state index contributed by atoms with van der Waals surface area (Å²) in [6.07, 6.45) is 7.04. The van der Waals surface area contributed by atoms with Crippen LogP contribution < -0.4 is 10.6 Å². The summed E-state index contributed by atoms with van der Waals surface area (Å²) in [5.74, 6) is 0.200. The van der Waals surface area contributed by atoms with Gasteiger partial charge in [-0.15, -0.1) is 0 Å². The molecule has 5 nitrogen and oxygen atoms in total. The highest BCUT2D eigenvalue weighted by Crippen LogP contribution is 2.17. The summed E-state index contributed by atoms with van der Waals surface area (Å²) in [7, 11) is 0. The summed E-state index contributed by atoms with van der Waals surface area (Å²) in [6, 6.07) is 7.10. The molecule has 1 aromatic carbocycles. The number of hydrogen-bond donors (Lipinski definition) is 2. The summed E-state index contributed by atoms with van der Waals surface area (Å²) in [4.78, 5) is 26.7. The molecule has 27 heavy (non-hydrogen) atoms. The van der Waals surface area contributed by atoms with E-state index in [1.54, 1.807) is 24.3 Å². The first-order valence-corrected chi connectivity index (χ1v) is 10.5. The van der Waals surface area contributed by atoms with Crippen molar-refractivity contribution in [2.45, 2.75) is 51.9 Å². The predicted octanol–water partition coefficient (Wildman–Crippen LogP) is 4.08. The highest BCUT2D eigenvalue weighted by atomic mass is 35.5. The molecule has 0 spiro atoms. The fourth-order valence-electron chi connectivity index (χ4n) is 3.40. The Morgan fingerprint density at radius 1 is 1.19 bits per heavy atom. The molecule has 0 aliphatic carbocycles. The van der Waals surface area contributed by atoms with E-state index in [-0.39, 0.29) is 17.7 Å². The normalized spacial score (nSPS) is 17.5. The van der Waals surface area contributed by atoms with Gasteiger partial charge in [0.15, 0.2) is 0 Å². The van der Waals surface area contributed by atoms with Gasteiger partial charge in [-0.1, -0.05) is 37.8 Å². The van der Waals surface area contributed by atoms with Crippen molar-refractivity contribution in [2.24, 2.45) is 5.92 Å². The van der Waals surface area contributed by atoms with Crippen LogP contribution in [0.4, 0.5) is 5.69 Å². The van der Waals surface area contributed by atoms with Gasteiger partial charge in [0.25, 0.3) is 0 Å². The molecule has 0 aromatic heterocycles. The van der Waals surface area contributed by atoms with Crippen molar-refractivity contribution in [1.29, 1.82) is 0 Å². The number of halogens is 1. The lowest BCUT2D eigenvalue weighted by Gasteiger charge is -2.31. The molecule has 0 bridgehead atoms. The second kappa shape index (κ2) is 12.0. The number of benzene rings is 1. The number of hydrogen-bond acceptors (Lipinski definition) is 3. The first-order valence-electron chi connectivity index (χ1n) is 10.1. The van der Waals surface area contributed by atoms with Crippen molar-refractivity contribution in [3.8, 4) is 0 Å². The van der Waals surface area contributed by atoms with Gasteiger partial charge in [0.05, 0.1) is 5.92 Å². The molecule has 2 rings (SSSR count). The molecule has 1 unspecified atom stereocenters. The number of nitrogens with one attached hydrogen (secondary N) is 2. The zero-order valence-electron chi connectivity index (χ0n) is 16.3. The van der Waals surface area contributed by atoms with Gasteiger partial charge in [0.1, 0.15) is 0 Å². The molecule has 6 heteroatoms. The second-order valence-corrected chi connectivity index (χ2v) is 7.73. The van der Waals surface area contributed by atoms with Crippen LogP contribution in [0, 0.1) is 5.92 Å². The molecule has 1 aliphatic heterocycles. The third-order valence-electron chi connectivity index (χ3n) is 4.99. The minimum absolute atomic E-state index is 0.0141. The largest absolute Gasteiger partial charge is 0.356 e. The van der Waals surface area contributed by atoms with Crippen LogP contribution in [0.1, 0.15) is 51.9 Å². The Bertz CT molecular complexity index is 592. The lowest BCUT2D eigenvalue weighted by atomic mass is 9.97. The Labute approximate surface area is 167 Å². The number of nitrogens with zero attached hydrogens (tertiary/aromatic N) is 1. The van der Waals surface area contributed by atoms with Crippen molar-refractivity contribution < 1.29 is 9.59 Å². The number of piperidine rings is 1. The monoisotopic (exact) mass is 393 g/mol. The molecule has 2 N–H and O–H groups in total. The SMILES string of the molecule is CCCCCCNC(=O)C1CCCN(CCC(=O)Nc2ccc(Cl)cc2)C1. The van der Waals surface area contributed by atoms with Gasteiger partial charge in [0.2, 0.25) is 11.8 Å². The number of carbonyl (C=O) groups excluding carboxylic acids is 2. The molecule has 0 radical (unpaired) electrons. The number of unbranched alkanes of at least 4 members (excludes halogenated alkanes) is 3. The maximum Gasteiger partial charge on any atom is 0.225 e. The van der Waals surface area contributed by atoms with Crippen molar-refractivity contribution >= 4 is 29.1 Å². The van der Waals surface area contributed by atoms with Crippen molar-refractivity contribution in [1.82, 2.24) is 10.2 Å². The molecule has 1 aliphatic rings. The van der Waals surface area contributed by atoms with Gasteiger partial charge in [-0.2, -0.15) is 0 Å². The first kappa shape index (κ1) is 21.7. The van der Waals surface area contributed by atoms with Gasteiger partial charge in [0, 0.05) is 36.8 Å². The van der Waals surface area contributed by atoms with Crippen molar-refractivity contribution in [3.63, 3.8) is 0 Å². The Hall–Kier alpha value is -1.59. The predicted molar refractivity (Wildman–Crippen MR) is 111 cm³/mol. The summed E-state index contributed by atoms with van der Waals surface area (Å²) in [6.45, 7) is 5.34.